The van der Waals surface area contributed by atoms with E-state index < -0.39 is 66.2 Å². The van der Waals surface area contributed by atoms with Crippen LogP contribution >= 0.6 is 0 Å². The fraction of sp³-hybridized carbons (Fsp3) is 0.520. The number of nitriles is 1. The number of rotatable bonds is 5. The Kier molecular flexibility index (Phi) is 6.14. The SMILES string of the molecule is N#C[C@@H](C[C@@H]1CCCNC1=O)NC(=O)[C@H]1[C@H]2CC(F)(F)C[C@H]2CN1C(=O)c1cc2c(F)cccc2[nH]1. The summed E-state index contributed by atoms with van der Waals surface area (Å²) in [6, 6.07) is 5.49. The van der Waals surface area contributed by atoms with Gasteiger partial charge in [-0.15, -0.1) is 0 Å². The van der Waals surface area contributed by atoms with Crippen molar-refractivity contribution >= 4 is 28.6 Å². The highest BCUT2D eigenvalue weighted by atomic mass is 19.3. The first-order chi connectivity index (χ1) is 17.2. The molecule has 11 heteroatoms. The second kappa shape index (κ2) is 9.15. The summed E-state index contributed by atoms with van der Waals surface area (Å²) in [7, 11) is 0. The largest absolute Gasteiger partial charge is 0.356 e. The lowest BCUT2D eigenvalue weighted by Crippen LogP contribution is -2.52. The molecule has 1 saturated carbocycles. The minimum Gasteiger partial charge on any atom is -0.356 e. The number of carbonyl (C=O) groups excluding carboxylic acids is 3. The maximum absolute atomic E-state index is 14.2. The molecule has 3 heterocycles. The number of carbonyl (C=O) groups is 3. The summed E-state index contributed by atoms with van der Waals surface area (Å²) in [6.45, 7) is 0.518. The van der Waals surface area contributed by atoms with Gasteiger partial charge in [-0.25, -0.2) is 13.2 Å². The molecular formula is C25H26F3N5O3. The van der Waals surface area contributed by atoms with E-state index in [4.69, 9.17) is 0 Å². The number of fused-ring (bicyclic) bond motifs is 2. The van der Waals surface area contributed by atoms with Crippen LogP contribution in [0.25, 0.3) is 10.9 Å². The third-order valence-corrected chi connectivity index (χ3v) is 7.64. The summed E-state index contributed by atoms with van der Waals surface area (Å²) in [5, 5.41) is 15.2. The Bertz CT molecular complexity index is 1260. The Hall–Kier alpha value is -3.55. The Balaban J connectivity index is 1.39. The Labute approximate surface area is 205 Å². The van der Waals surface area contributed by atoms with Crippen LogP contribution in [0.4, 0.5) is 13.2 Å². The summed E-state index contributed by atoms with van der Waals surface area (Å²) in [4.78, 5) is 43.0. The average molecular weight is 502 g/mol. The van der Waals surface area contributed by atoms with Crippen molar-refractivity contribution < 1.29 is 27.6 Å². The lowest BCUT2D eigenvalue weighted by molar-refractivity contribution is -0.129. The van der Waals surface area contributed by atoms with Crippen molar-refractivity contribution in [1.29, 1.82) is 5.26 Å². The van der Waals surface area contributed by atoms with Gasteiger partial charge >= 0.3 is 0 Å². The van der Waals surface area contributed by atoms with Gasteiger partial charge in [-0.2, -0.15) is 5.26 Å². The average Bonchev–Trinajstić information content (AvgIpc) is 3.49. The Morgan fingerprint density at radius 3 is 2.83 bits per heavy atom. The van der Waals surface area contributed by atoms with E-state index in [2.05, 4.69) is 15.6 Å². The maximum Gasteiger partial charge on any atom is 0.271 e. The summed E-state index contributed by atoms with van der Waals surface area (Å²) < 4.78 is 42.6. The van der Waals surface area contributed by atoms with Crippen molar-refractivity contribution in [3.63, 3.8) is 0 Å². The normalized spacial score (nSPS) is 27.8. The van der Waals surface area contributed by atoms with Crippen LogP contribution in [0.2, 0.25) is 0 Å². The van der Waals surface area contributed by atoms with E-state index in [1.54, 1.807) is 6.07 Å². The lowest BCUT2D eigenvalue weighted by Gasteiger charge is -2.29. The van der Waals surface area contributed by atoms with Gasteiger partial charge in [0.05, 0.1) is 6.07 Å². The number of aromatic nitrogens is 1. The van der Waals surface area contributed by atoms with Crippen LogP contribution in [0, 0.1) is 34.9 Å². The molecule has 36 heavy (non-hydrogen) atoms. The third kappa shape index (κ3) is 4.40. The van der Waals surface area contributed by atoms with E-state index in [1.165, 1.54) is 23.1 Å². The van der Waals surface area contributed by atoms with E-state index in [-0.39, 0.29) is 30.0 Å². The monoisotopic (exact) mass is 501 g/mol. The van der Waals surface area contributed by atoms with Crippen LogP contribution in [0.5, 0.6) is 0 Å². The lowest BCUT2D eigenvalue weighted by atomic mass is 9.90. The number of alkyl halides is 2. The fourth-order valence-electron chi connectivity index (χ4n) is 5.98. The topological polar surface area (TPSA) is 118 Å². The van der Waals surface area contributed by atoms with E-state index in [1.807, 2.05) is 6.07 Å². The van der Waals surface area contributed by atoms with Crippen molar-refractivity contribution in [1.82, 2.24) is 20.5 Å². The highest BCUT2D eigenvalue weighted by Gasteiger charge is 2.58. The molecule has 3 amide bonds. The van der Waals surface area contributed by atoms with Crippen molar-refractivity contribution in [2.75, 3.05) is 13.1 Å². The van der Waals surface area contributed by atoms with Gasteiger partial charge in [-0.05, 0) is 49.3 Å². The molecule has 1 aliphatic carbocycles. The van der Waals surface area contributed by atoms with E-state index in [0.717, 1.165) is 6.42 Å². The van der Waals surface area contributed by atoms with Crippen LogP contribution < -0.4 is 10.6 Å². The third-order valence-electron chi connectivity index (χ3n) is 7.64. The molecule has 1 aromatic carbocycles. The molecule has 3 N–H and O–H groups in total. The zero-order valence-electron chi connectivity index (χ0n) is 19.4. The van der Waals surface area contributed by atoms with Gasteiger partial charge in [-0.1, -0.05) is 6.07 Å². The van der Waals surface area contributed by atoms with Gasteiger partial charge in [0, 0.05) is 42.8 Å². The molecule has 0 spiro atoms. The molecule has 3 aliphatic rings. The predicted octanol–water partition coefficient (Wildman–Crippen LogP) is 2.72. The van der Waals surface area contributed by atoms with Crippen molar-refractivity contribution in [2.24, 2.45) is 17.8 Å². The minimum atomic E-state index is -2.94. The first-order valence-corrected chi connectivity index (χ1v) is 12.1. The number of piperidine rings is 1. The van der Waals surface area contributed by atoms with Gasteiger partial charge in [0.1, 0.15) is 23.6 Å². The second-order valence-corrected chi connectivity index (χ2v) is 10.0. The van der Waals surface area contributed by atoms with Crippen molar-refractivity contribution in [3.8, 4) is 6.07 Å². The fourth-order valence-corrected chi connectivity index (χ4v) is 5.98. The molecule has 2 saturated heterocycles. The number of benzene rings is 1. The molecule has 2 aromatic rings. The van der Waals surface area contributed by atoms with Crippen molar-refractivity contribution in [3.05, 3.63) is 35.8 Å². The Morgan fingerprint density at radius 1 is 1.31 bits per heavy atom. The molecule has 2 aliphatic heterocycles. The van der Waals surface area contributed by atoms with Gasteiger partial charge in [0.15, 0.2) is 0 Å². The summed E-state index contributed by atoms with van der Waals surface area (Å²) >= 11 is 0. The number of nitrogens with zero attached hydrogens (tertiary/aromatic N) is 2. The zero-order chi connectivity index (χ0) is 25.6. The van der Waals surface area contributed by atoms with Crippen LogP contribution in [0.15, 0.2) is 24.3 Å². The number of hydrogen-bond acceptors (Lipinski definition) is 4. The highest BCUT2D eigenvalue weighted by Crippen LogP contribution is 2.50. The quantitative estimate of drug-likeness (QED) is 0.584. The number of H-pyrrole nitrogens is 1. The molecule has 5 atom stereocenters. The molecule has 190 valence electrons. The van der Waals surface area contributed by atoms with Crippen LogP contribution in [-0.2, 0) is 9.59 Å². The van der Waals surface area contributed by atoms with E-state index >= 15 is 0 Å². The van der Waals surface area contributed by atoms with E-state index in [9.17, 15) is 32.8 Å². The van der Waals surface area contributed by atoms with Crippen molar-refractivity contribution in [2.45, 2.75) is 50.1 Å². The molecule has 1 aromatic heterocycles. The van der Waals surface area contributed by atoms with Gasteiger partial charge in [0.25, 0.3) is 5.91 Å². The van der Waals surface area contributed by atoms with Crippen LogP contribution in [0.1, 0.15) is 42.6 Å². The first kappa shape index (κ1) is 24.2. The summed E-state index contributed by atoms with van der Waals surface area (Å²) in [5.74, 6) is -6.72. The number of amides is 3. The zero-order valence-corrected chi connectivity index (χ0v) is 19.4. The second-order valence-electron chi connectivity index (χ2n) is 10.0. The number of hydrogen-bond donors (Lipinski definition) is 3. The molecule has 5 rings (SSSR count). The highest BCUT2D eigenvalue weighted by molar-refractivity contribution is 6.01. The standard InChI is InChI=1S/C25H26F3N5O3/c26-18-4-1-5-19-16(18)8-20(32-19)24(36)33-12-14-9-25(27,28)10-17(14)21(33)23(35)31-15(11-29)7-13-3-2-6-30-22(13)34/h1,4-5,8,13-15,17,21,32H,2-3,6-7,9-10,12H2,(H,30,34)(H,31,35)/t13-,14-,15+,17-,21+/m0/s1. The maximum atomic E-state index is 14.2. The summed E-state index contributed by atoms with van der Waals surface area (Å²) in [6.07, 6.45) is 0.471. The number of aromatic amines is 1. The van der Waals surface area contributed by atoms with Gasteiger partial charge in [0.2, 0.25) is 17.7 Å². The molecular weight excluding hydrogens is 475 g/mol. The number of nitrogens with one attached hydrogen (secondary N) is 3. The molecule has 0 unspecified atom stereocenters. The van der Waals surface area contributed by atoms with Crippen LogP contribution in [0.3, 0.4) is 0 Å². The molecule has 8 nitrogen and oxygen atoms in total. The molecule has 0 radical (unpaired) electrons. The minimum absolute atomic E-state index is 0.0444. The smallest absolute Gasteiger partial charge is 0.271 e. The predicted molar refractivity (Wildman–Crippen MR) is 122 cm³/mol. The first-order valence-electron chi connectivity index (χ1n) is 12.1. The van der Waals surface area contributed by atoms with E-state index in [0.29, 0.717) is 18.5 Å². The molecule has 0 bridgehead atoms. The van der Waals surface area contributed by atoms with Crippen LogP contribution in [-0.4, -0.2) is 58.7 Å². The van der Waals surface area contributed by atoms with Gasteiger partial charge in [-0.3, -0.25) is 14.4 Å². The number of likely N-dealkylation sites (tertiary alicyclic amines) is 1. The van der Waals surface area contributed by atoms with Gasteiger partial charge < -0.3 is 20.5 Å². The number of halogens is 3. The summed E-state index contributed by atoms with van der Waals surface area (Å²) in [5.41, 5.74) is 0.455. The Morgan fingerprint density at radius 2 is 2.11 bits per heavy atom. The molecule has 3 fully saturated rings.